The summed E-state index contributed by atoms with van der Waals surface area (Å²) in [6.45, 7) is 1.24. The van der Waals surface area contributed by atoms with E-state index in [-0.39, 0.29) is 0 Å². The van der Waals surface area contributed by atoms with Crippen molar-refractivity contribution in [1.82, 2.24) is 0 Å². The fraction of sp³-hybridized carbons (Fsp3) is 0.462. The van der Waals surface area contributed by atoms with Crippen molar-refractivity contribution in [3.8, 4) is 5.75 Å². The van der Waals surface area contributed by atoms with Gasteiger partial charge in [-0.05, 0) is 42.6 Å². The maximum Gasteiger partial charge on any atom is 0.150 e. The Kier molecular flexibility index (Phi) is 7.09. The molecule has 1 aromatic rings. The van der Waals surface area contributed by atoms with Crippen LogP contribution in [-0.4, -0.2) is 19.4 Å². The summed E-state index contributed by atoms with van der Waals surface area (Å²) < 4.78 is 5.54. The van der Waals surface area contributed by atoms with Gasteiger partial charge in [0.25, 0.3) is 0 Å². The van der Waals surface area contributed by atoms with Crippen molar-refractivity contribution in [3.63, 3.8) is 0 Å². The lowest BCUT2D eigenvalue weighted by atomic mass is 10.2. The quantitative estimate of drug-likeness (QED) is 0.219. The molecule has 0 amide bonds. The van der Waals surface area contributed by atoms with E-state index < -0.39 is 0 Å². The van der Waals surface area contributed by atoms with Gasteiger partial charge in [-0.25, -0.2) is 0 Å². The molecule has 0 saturated carbocycles. The SMILES string of the molecule is [N-]=[N+]=NCCCCCCOc1ccc(C=O)cc1. The van der Waals surface area contributed by atoms with Gasteiger partial charge in [0.05, 0.1) is 6.61 Å². The predicted molar refractivity (Wildman–Crippen MR) is 69.8 cm³/mol. The third kappa shape index (κ3) is 5.92. The highest BCUT2D eigenvalue weighted by molar-refractivity contribution is 5.74. The Bertz CT molecular complexity index is 397. The van der Waals surface area contributed by atoms with Crippen LogP contribution in [0.2, 0.25) is 0 Å². The Morgan fingerprint density at radius 3 is 2.56 bits per heavy atom. The van der Waals surface area contributed by atoms with Gasteiger partial charge in [-0.1, -0.05) is 18.0 Å². The van der Waals surface area contributed by atoms with Gasteiger partial charge < -0.3 is 4.74 Å². The molecule has 0 fully saturated rings. The fourth-order valence-corrected chi connectivity index (χ4v) is 1.52. The minimum atomic E-state index is 0.574. The molecule has 1 rings (SSSR count). The molecule has 0 aromatic heterocycles. The van der Waals surface area contributed by atoms with Crippen LogP contribution in [0.25, 0.3) is 10.4 Å². The summed E-state index contributed by atoms with van der Waals surface area (Å²) >= 11 is 0. The lowest BCUT2D eigenvalue weighted by molar-refractivity contribution is 0.112. The Labute approximate surface area is 106 Å². The normalized spacial score (nSPS) is 9.56. The summed E-state index contributed by atoms with van der Waals surface area (Å²) in [6.07, 6.45) is 4.83. The van der Waals surface area contributed by atoms with Crippen LogP contribution in [0.15, 0.2) is 29.4 Å². The number of hydrogen-bond donors (Lipinski definition) is 0. The zero-order valence-corrected chi connectivity index (χ0v) is 10.3. The van der Waals surface area contributed by atoms with E-state index in [2.05, 4.69) is 10.0 Å². The summed E-state index contributed by atoms with van der Waals surface area (Å²) in [6, 6.07) is 7.07. The average Bonchev–Trinajstić information content (AvgIpc) is 2.42. The summed E-state index contributed by atoms with van der Waals surface area (Å²) in [5.41, 5.74) is 8.74. The van der Waals surface area contributed by atoms with Crippen molar-refractivity contribution >= 4 is 6.29 Å². The minimum Gasteiger partial charge on any atom is -0.494 e. The van der Waals surface area contributed by atoms with Gasteiger partial charge in [-0.2, -0.15) is 0 Å². The van der Waals surface area contributed by atoms with Gasteiger partial charge in [0.15, 0.2) is 0 Å². The molecule has 1 aromatic carbocycles. The molecule has 18 heavy (non-hydrogen) atoms. The van der Waals surface area contributed by atoms with E-state index in [4.69, 9.17) is 10.3 Å². The largest absolute Gasteiger partial charge is 0.494 e. The van der Waals surface area contributed by atoms with Crippen molar-refractivity contribution in [1.29, 1.82) is 0 Å². The van der Waals surface area contributed by atoms with Crippen LogP contribution in [0, 0.1) is 0 Å². The van der Waals surface area contributed by atoms with Gasteiger partial charge in [0, 0.05) is 17.0 Å². The number of carbonyl (C=O) groups is 1. The lowest BCUT2D eigenvalue weighted by Gasteiger charge is -2.05. The second-order valence-corrected chi connectivity index (χ2v) is 3.90. The lowest BCUT2D eigenvalue weighted by Crippen LogP contribution is -1.97. The summed E-state index contributed by atoms with van der Waals surface area (Å²) in [5, 5.41) is 3.47. The highest BCUT2D eigenvalue weighted by Crippen LogP contribution is 2.12. The molecule has 5 heteroatoms. The molecule has 0 unspecified atom stereocenters. The molecule has 96 valence electrons. The van der Waals surface area contributed by atoms with Crippen LogP contribution in [0.5, 0.6) is 5.75 Å². The Morgan fingerprint density at radius 2 is 1.89 bits per heavy atom. The second-order valence-electron chi connectivity index (χ2n) is 3.90. The predicted octanol–water partition coefficient (Wildman–Crippen LogP) is 3.75. The minimum absolute atomic E-state index is 0.574. The van der Waals surface area contributed by atoms with Crippen molar-refractivity contribution in [2.24, 2.45) is 5.11 Å². The monoisotopic (exact) mass is 247 g/mol. The molecule has 0 radical (unpaired) electrons. The third-order valence-corrected chi connectivity index (χ3v) is 2.50. The Hall–Kier alpha value is -2.00. The topological polar surface area (TPSA) is 75.1 Å². The van der Waals surface area contributed by atoms with E-state index in [9.17, 15) is 4.79 Å². The van der Waals surface area contributed by atoms with Gasteiger partial charge in [-0.15, -0.1) is 0 Å². The number of aldehydes is 1. The first-order valence-corrected chi connectivity index (χ1v) is 6.05. The molecule has 5 nitrogen and oxygen atoms in total. The van der Waals surface area contributed by atoms with Gasteiger partial charge in [0.1, 0.15) is 12.0 Å². The Morgan fingerprint density at radius 1 is 1.17 bits per heavy atom. The van der Waals surface area contributed by atoms with Crippen LogP contribution in [0.3, 0.4) is 0 Å². The number of benzene rings is 1. The number of ether oxygens (including phenoxy) is 1. The van der Waals surface area contributed by atoms with Crippen molar-refractivity contribution < 1.29 is 9.53 Å². The molecule has 0 spiro atoms. The summed E-state index contributed by atoms with van der Waals surface area (Å²) in [7, 11) is 0. The first kappa shape index (κ1) is 14.1. The molecular weight excluding hydrogens is 230 g/mol. The number of rotatable bonds is 9. The van der Waals surface area contributed by atoms with Crippen molar-refractivity contribution in [2.75, 3.05) is 13.2 Å². The maximum atomic E-state index is 10.5. The van der Waals surface area contributed by atoms with Crippen LogP contribution in [0.4, 0.5) is 0 Å². The van der Waals surface area contributed by atoms with E-state index in [0.717, 1.165) is 37.7 Å². The maximum absolute atomic E-state index is 10.5. The van der Waals surface area contributed by atoms with Crippen LogP contribution in [-0.2, 0) is 0 Å². The summed E-state index contributed by atoms with van der Waals surface area (Å²) in [4.78, 5) is 13.2. The zero-order valence-electron chi connectivity index (χ0n) is 10.3. The van der Waals surface area contributed by atoms with Gasteiger partial charge in [0.2, 0.25) is 0 Å². The first-order chi connectivity index (χ1) is 8.86. The number of carbonyl (C=O) groups excluding carboxylic acids is 1. The second kappa shape index (κ2) is 9.07. The average molecular weight is 247 g/mol. The molecule has 0 aliphatic carbocycles. The molecule has 0 heterocycles. The van der Waals surface area contributed by atoms with Crippen LogP contribution in [0.1, 0.15) is 36.0 Å². The smallest absolute Gasteiger partial charge is 0.150 e. The molecule has 0 aliphatic heterocycles. The van der Waals surface area contributed by atoms with E-state index in [1.54, 1.807) is 24.3 Å². The Balaban J connectivity index is 2.06. The molecule has 0 bridgehead atoms. The summed E-state index contributed by atoms with van der Waals surface area (Å²) in [5.74, 6) is 0.787. The molecule has 0 saturated heterocycles. The van der Waals surface area contributed by atoms with E-state index in [0.29, 0.717) is 18.7 Å². The first-order valence-electron chi connectivity index (χ1n) is 6.05. The number of azide groups is 1. The number of unbranched alkanes of at least 4 members (excludes halogenated alkanes) is 3. The van der Waals surface area contributed by atoms with E-state index >= 15 is 0 Å². The zero-order chi connectivity index (χ0) is 13.1. The highest BCUT2D eigenvalue weighted by atomic mass is 16.5. The standard InChI is InChI=1S/C13H17N3O2/c14-16-15-9-3-1-2-4-10-18-13-7-5-12(11-17)6-8-13/h5-8,11H,1-4,9-10H2. The molecule has 0 atom stereocenters. The fourth-order valence-electron chi connectivity index (χ4n) is 1.52. The van der Waals surface area contributed by atoms with Gasteiger partial charge >= 0.3 is 0 Å². The molecular formula is C13H17N3O2. The van der Waals surface area contributed by atoms with Crippen molar-refractivity contribution in [2.45, 2.75) is 25.7 Å². The van der Waals surface area contributed by atoms with E-state index in [1.165, 1.54) is 0 Å². The van der Waals surface area contributed by atoms with Gasteiger partial charge in [-0.3, -0.25) is 4.79 Å². The number of nitrogens with zero attached hydrogens (tertiary/aromatic N) is 3. The van der Waals surface area contributed by atoms with Crippen LogP contribution < -0.4 is 4.74 Å². The molecule has 0 N–H and O–H groups in total. The number of hydrogen-bond acceptors (Lipinski definition) is 3. The molecule has 0 aliphatic rings. The third-order valence-electron chi connectivity index (χ3n) is 2.50. The van der Waals surface area contributed by atoms with E-state index in [1.807, 2.05) is 0 Å². The van der Waals surface area contributed by atoms with Crippen molar-refractivity contribution in [3.05, 3.63) is 40.3 Å². The van der Waals surface area contributed by atoms with Crippen LogP contribution >= 0.6 is 0 Å². The highest BCUT2D eigenvalue weighted by Gasteiger charge is 1.95.